The Morgan fingerprint density at radius 1 is 1.63 bits per heavy atom. The molecule has 98 valence electrons. The van der Waals surface area contributed by atoms with Crippen molar-refractivity contribution in [2.75, 3.05) is 18.4 Å². The van der Waals surface area contributed by atoms with Crippen LogP contribution in [0.3, 0.4) is 0 Å². The maximum Gasteiger partial charge on any atom is 0.225 e. The molecule has 0 saturated carbocycles. The fourth-order valence-electron chi connectivity index (χ4n) is 2.13. The zero-order chi connectivity index (χ0) is 13.8. The number of rotatable bonds is 4. The number of likely N-dealkylation sites (tertiary alicyclic amines) is 1. The highest BCUT2D eigenvalue weighted by molar-refractivity contribution is 6.32. The number of amides is 1. The summed E-state index contributed by atoms with van der Waals surface area (Å²) in [6.07, 6.45) is 2.18. The van der Waals surface area contributed by atoms with Crippen molar-refractivity contribution in [2.24, 2.45) is 0 Å². The van der Waals surface area contributed by atoms with Gasteiger partial charge in [-0.2, -0.15) is 5.26 Å². The molecule has 1 saturated heterocycles. The van der Waals surface area contributed by atoms with E-state index in [9.17, 15) is 4.79 Å². The summed E-state index contributed by atoms with van der Waals surface area (Å²) in [5.74, 6) is 0.122. The van der Waals surface area contributed by atoms with E-state index < -0.39 is 0 Å². The molecular formula is C14H14ClN3O. The van der Waals surface area contributed by atoms with Gasteiger partial charge in [-0.3, -0.25) is 4.79 Å². The van der Waals surface area contributed by atoms with Crippen LogP contribution in [0.1, 0.15) is 12.0 Å². The highest BCUT2D eigenvalue weighted by Gasteiger charge is 2.28. The van der Waals surface area contributed by atoms with Crippen LogP contribution < -0.4 is 5.32 Å². The van der Waals surface area contributed by atoms with E-state index in [-0.39, 0.29) is 11.9 Å². The van der Waals surface area contributed by atoms with Gasteiger partial charge >= 0.3 is 0 Å². The van der Waals surface area contributed by atoms with Crippen molar-refractivity contribution >= 4 is 23.2 Å². The molecular weight excluding hydrogens is 262 g/mol. The molecule has 1 amide bonds. The summed E-state index contributed by atoms with van der Waals surface area (Å²) in [5.41, 5.74) is 1.27. The average molecular weight is 276 g/mol. The van der Waals surface area contributed by atoms with E-state index in [0.29, 0.717) is 30.1 Å². The maximum absolute atomic E-state index is 11.7. The Morgan fingerprint density at radius 3 is 3.05 bits per heavy atom. The van der Waals surface area contributed by atoms with Crippen LogP contribution in [0.25, 0.3) is 0 Å². The van der Waals surface area contributed by atoms with Gasteiger partial charge < -0.3 is 10.2 Å². The number of hydrogen-bond donors (Lipinski definition) is 1. The number of nitrogens with one attached hydrogen (secondary N) is 1. The number of carbonyl (C=O) groups is 1. The van der Waals surface area contributed by atoms with Gasteiger partial charge in [0.1, 0.15) is 6.07 Å². The van der Waals surface area contributed by atoms with Crippen LogP contribution in [0.15, 0.2) is 30.9 Å². The van der Waals surface area contributed by atoms with Crippen LogP contribution in [-0.4, -0.2) is 29.9 Å². The Hall–Kier alpha value is -1.99. The first-order valence-electron chi connectivity index (χ1n) is 5.99. The molecule has 2 rings (SSSR count). The number of nitrogens with zero attached hydrogens (tertiary/aromatic N) is 2. The van der Waals surface area contributed by atoms with E-state index in [0.717, 1.165) is 5.69 Å². The zero-order valence-corrected chi connectivity index (χ0v) is 11.2. The number of halogens is 1. The van der Waals surface area contributed by atoms with Crippen LogP contribution in [0, 0.1) is 11.3 Å². The standard InChI is InChI=1S/C14H14ClN3O/c1-2-5-18-9-12(7-14(18)19)17-11-4-3-10(8-16)13(15)6-11/h2-4,6,12,17H,1,5,7,9H2/t12-/m0/s1. The minimum Gasteiger partial charge on any atom is -0.380 e. The smallest absolute Gasteiger partial charge is 0.225 e. The van der Waals surface area contributed by atoms with E-state index in [4.69, 9.17) is 16.9 Å². The third-order valence-corrected chi connectivity index (χ3v) is 3.34. The van der Waals surface area contributed by atoms with Gasteiger partial charge in [-0.05, 0) is 18.2 Å². The van der Waals surface area contributed by atoms with E-state index in [1.54, 1.807) is 29.2 Å². The molecule has 1 aromatic rings. The van der Waals surface area contributed by atoms with Crippen molar-refractivity contribution < 1.29 is 4.79 Å². The second kappa shape index (κ2) is 5.77. The quantitative estimate of drug-likeness (QED) is 0.859. The topological polar surface area (TPSA) is 56.1 Å². The summed E-state index contributed by atoms with van der Waals surface area (Å²) in [7, 11) is 0. The summed E-state index contributed by atoms with van der Waals surface area (Å²) in [6.45, 7) is 4.87. The predicted molar refractivity (Wildman–Crippen MR) is 75.0 cm³/mol. The Bertz CT molecular complexity index is 550. The Morgan fingerprint density at radius 2 is 2.42 bits per heavy atom. The summed E-state index contributed by atoms with van der Waals surface area (Å²) < 4.78 is 0. The lowest BCUT2D eigenvalue weighted by Crippen LogP contribution is -2.27. The Kier molecular flexibility index (Phi) is 4.08. The van der Waals surface area contributed by atoms with Gasteiger partial charge in [0.15, 0.2) is 0 Å². The van der Waals surface area contributed by atoms with Crippen molar-refractivity contribution in [3.8, 4) is 6.07 Å². The molecule has 1 aliphatic heterocycles. The van der Waals surface area contributed by atoms with Crippen molar-refractivity contribution in [1.29, 1.82) is 5.26 Å². The van der Waals surface area contributed by atoms with Crippen molar-refractivity contribution in [1.82, 2.24) is 4.90 Å². The minimum absolute atomic E-state index is 0.0662. The average Bonchev–Trinajstić information content (AvgIpc) is 2.70. The van der Waals surface area contributed by atoms with Crippen LogP contribution in [-0.2, 0) is 4.79 Å². The molecule has 0 radical (unpaired) electrons. The molecule has 1 atom stereocenters. The van der Waals surface area contributed by atoms with Gasteiger partial charge in [-0.1, -0.05) is 17.7 Å². The monoisotopic (exact) mass is 275 g/mol. The highest BCUT2D eigenvalue weighted by atomic mass is 35.5. The molecule has 1 aliphatic rings. The predicted octanol–water partition coefficient (Wildman–Crippen LogP) is 2.41. The van der Waals surface area contributed by atoms with Crippen LogP contribution in [0.2, 0.25) is 5.02 Å². The van der Waals surface area contributed by atoms with E-state index in [2.05, 4.69) is 11.9 Å². The molecule has 0 aliphatic carbocycles. The van der Waals surface area contributed by atoms with Gasteiger partial charge in [0.2, 0.25) is 5.91 Å². The number of benzene rings is 1. The Labute approximate surface area is 117 Å². The first kappa shape index (κ1) is 13.4. The second-order valence-electron chi connectivity index (χ2n) is 4.44. The van der Waals surface area contributed by atoms with Crippen molar-refractivity contribution in [3.05, 3.63) is 41.4 Å². The van der Waals surface area contributed by atoms with E-state index in [1.807, 2.05) is 6.07 Å². The number of nitriles is 1. The number of anilines is 1. The van der Waals surface area contributed by atoms with E-state index in [1.165, 1.54) is 0 Å². The molecule has 1 aromatic carbocycles. The largest absolute Gasteiger partial charge is 0.380 e. The normalized spacial score (nSPS) is 18.2. The maximum atomic E-state index is 11.7. The number of carbonyl (C=O) groups excluding carboxylic acids is 1. The van der Waals surface area contributed by atoms with Gasteiger partial charge in [0.05, 0.1) is 16.6 Å². The molecule has 1 N–H and O–H groups in total. The first-order chi connectivity index (χ1) is 9.13. The van der Waals surface area contributed by atoms with Gasteiger partial charge in [0.25, 0.3) is 0 Å². The van der Waals surface area contributed by atoms with Crippen LogP contribution in [0.4, 0.5) is 5.69 Å². The molecule has 1 fully saturated rings. The number of hydrogen-bond acceptors (Lipinski definition) is 3. The SMILES string of the molecule is C=CCN1C[C@@H](Nc2ccc(C#N)c(Cl)c2)CC1=O. The van der Waals surface area contributed by atoms with Gasteiger partial charge in [-0.25, -0.2) is 0 Å². The third-order valence-electron chi connectivity index (χ3n) is 3.02. The van der Waals surface area contributed by atoms with Gasteiger partial charge in [-0.15, -0.1) is 6.58 Å². The molecule has 0 aromatic heterocycles. The summed E-state index contributed by atoms with van der Waals surface area (Å²) in [6, 6.07) is 7.26. The van der Waals surface area contributed by atoms with Crippen molar-refractivity contribution in [2.45, 2.75) is 12.5 Å². The lowest BCUT2D eigenvalue weighted by atomic mass is 10.2. The van der Waals surface area contributed by atoms with Gasteiger partial charge in [0, 0.05) is 25.2 Å². The minimum atomic E-state index is 0.0662. The lowest BCUT2D eigenvalue weighted by molar-refractivity contribution is -0.127. The summed E-state index contributed by atoms with van der Waals surface area (Å²) >= 11 is 5.97. The molecule has 0 unspecified atom stereocenters. The fraction of sp³-hybridized carbons (Fsp3) is 0.286. The molecule has 0 spiro atoms. The van der Waals surface area contributed by atoms with E-state index >= 15 is 0 Å². The molecule has 1 heterocycles. The van der Waals surface area contributed by atoms with Crippen LogP contribution in [0.5, 0.6) is 0 Å². The lowest BCUT2D eigenvalue weighted by Gasteiger charge is -2.16. The second-order valence-corrected chi connectivity index (χ2v) is 4.85. The van der Waals surface area contributed by atoms with Crippen molar-refractivity contribution in [3.63, 3.8) is 0 Å². The third kappa shape index (κ3) is 3.07. The summed E-state index contributed by atoms with van der Waals surface area (Å²) in [5, 5.41) is 12.5. The fourth-order valence-corrected chi connectivity index (χ4v) is 2.36. The molecule has 5 heteroatoms. The zero-order valence-electron chi connectivity index (χ0n) is 10.4. The molecule has 19 heavy (non-hydrogen) atoms. The first-order valence-corrected chi connectivity index (χ1v) is 6.36. The Balaban J connectivity index is 2.03. The molecule has 0 bridgehead atoms. The summed E-state index contributed by atoms with van der Waals surface area (Å²) in [4.78, 5) is 13.5. The molecule has 4 nitrogen and oxygen atoms in total. The van der Waals surface area contributed by atoms with Crippen LogP contribution >= 0.6 is 11.6 Å². The highest BCUT2D eigenvalue weighted by Crippen LogP contribution is 2.22.